The molecule has 0 fully saturated rings. The molecule has 4 rings (SSSR count). The number of H-pyrrole nitrogens is 1. The normalized spacial score (nSPS) is 11.0. The van der Waals surface area contributed by atoms with E-state index in [2.05, 4.69) is 20.3 Å². The number of primary amides is 1. The number of hydrogen-bond donors (Lipinski definition) is 3. The molecule has 0 aliphatic rings. The van der Waals surface area contributed by atoms with Gasteiger partial charge in [0.1, 0.15) is 10.5 Å². The van der Waals surface area contributed by atoms with Crippen molar-refractivity contribution in [2.45, 2.75) is 6.54 Å². The molecule has 0 radical (unpaired) electrons. The first-order valence-electron chi connectivity index (χ1n) is 7.53. The number of carbonyl (C=O) groups excluding carboxylic acids is 2. The molecule has 2 amide bonds. The van der Waals surface area contributed by atoms with E-state index in [1.165, 1.54) is 11.3 Å². The fourth-order valence-corrected chi connectivity index (χ4v) is 3.49. The number of nitrogens with one attached hydrogen (secondary N) is 2. The van der Waals surface area contributed by atoms with Gasteiger partial charge in [-0.2, -0.15) is 0 Å². The second kappa shape index (κ2) is 5.99. The molecule has 0 aliphatic heterocycles. The van der Waals surface area contributed by atoms with E-state index in [1.807, 2.05) is 24.3 Å². The summed E-state index contributed by atoms with van der Waals surface area (Å²) >= 11 is 1.54. The van der Waals surface area contributed by atoms with Gasteiger partial charge in [0, 0.05) is 0 Å². The van der Waals surface area contributed by atoms with Crippen molar-refractivity contribution in [1.29, 1.82) is 0 Å². The summed E-state index contributed by atoms with van der Waals surface area (Å²) in [5, 5.41) is 3.67. The molecule has 0 bridgehead atoms. The second-order valence-electron chi connectivity index (χ2n) is 5.41. The summed E-state index contributed by atoms with van der Waals surface area (Å²) in [7, 11) is 0. The molecule has 0 saturated heterocycles. The molecular formula is C17H13N5O2S. The van der Waals surface area contributed by atoms with Crippen LogP contribution in [0.5, 0.6) is 0 Å². The van der Waals surface area contributed by atoms with E-state index < -0.39 is 5.91 Å². The molecule has 7 nitrogen and oxygen atoms in total. The first-order valence-corrected chi connectivity index (χ1v) is 8.34. The number of aromatic nitrogens is 3. The van der Waals surface area contributed by atoms with Crippen molar-refractivity contribution < 1.29 is 9.59 Å². The summed E-state index contributed by atoms with van der Waals surface area (Å²) in [5.41, 5.74) is 7.53. The van der Waals surface area contributed by atoms with Crippen molar-refractivity contribution in [2.24, 2.45) is 5.73 Å². The zero-order valence-electron chi connectivity index (χ0n) is 12.9. The molecule has 124 valence electrons. The standard InChI is InChI=1S/C17H13N5O2S/c18-15(23)16-21-11-6-3-4-9(14(11)22-16)17(24)19-8-13-20-10-5-1-2-7-12(10)25-13/h1-7H,8H2,(H2,18,23)(H,19,24)(H,21,22). The highest BCUT2D eigenvalue weighted by Crippen LogP contribution is 2.22. The summed E-state index contributed by atoms with van der Waals surface area (Å²) in [6.07, 6.45) is 0. The fourth-order valence-electron chi connectivity index (χ4n) is 2.58. The Morgan fingerprint density at radius 3 is 2.76 bits per heavy atom. The SMILES string of the molecule is NC(=O)c1nc2c(C(=O)NCc3nc4ccccc4s3)cccc2[nH]1. The van der Waals surface area contributed by atoms with Gasteiger partial charge in [0.25, 0.3) is 11.8 Å². The summed E-state index contributed by atoms with van der Waals surface area (Å²) in [4.78, 5) is 35.2. The van der Waals surface area contributed by atoms with Crippen molar-refractivity contribution in [3.05, 3.63) is 58.9 Å². The summed E-state index contributed by atoms with van der Waals surface area (Å²) in [5.74, 6) is -0.925. The summed E-state index contributed by atoms with van der Waals surface area (Å²) < 4.78 is 1.08. The Bertz CT molecular complexity index is 1080. The maximum absolute atomic E-state index is 12.5. The van der Waals surface area contributed by atoms with E-state index in [9.17, 15) is 9.59 Å². The smallest absolute Gasteiger partial charge is 0.284 e. The Balaban J connectivity index is 1.58. The molecule has 0 unspecified atom stereocenters. The van der Waals surface area contributed by atoms with Crippen molar-refractivity contribution >= 4 is 44.4 Å². The van der Waals surface area contributed by atoms with Crippen molar-refractivity contribution in [3.8, 4) is 0 Å². The highest BCUT2D eigenvalue weighted by molar-refractivity contribution is 7.18. The number of nitrogens with zero attached hydrogens (tertiary/aromatic N) is 2. The highest BCUT2D eigenvalue weighted by Gasteiger charge is 2.16. The number of imidazole rings is 1. The van der Waals surface area contributed by atoms with Gasteiger partial charge < -0.3 is 16.0 Å². The number of nitrogens with two attached hydrogens (primary N) is 1. The Labute approximate surface area is 145 Å². The number of carbonyl (C=O) groups is 2. The number of para-hydroxylation sites is 2. The largest absolute Gasteiger partial charge is 0.363 e. The van der Waals surface area contributed by atoms with E-state index >= 15 is 0 Å². The Hall–Kier alpha value is -3.26. The minimum atomic E-state index is -0.669. The van der Waals surface area contributed by atoms with Crippen LogP contribution in [-0.2, 0) is 6.54 Å². The third-order valence-electron chi connectivity index (χ3n) is 3.73. The van der Waals surface area contributed by atoms with Gasteiger partial charge in [0.05, 0.1) is 27.8 Å². The predicted octanol–water partition coefficient (Wildman–Crippen LogP) is 2.20. The van der Waals surface area contributed by atoms with Gasteiger partial charge in [-0.1, -0.05) is 18.2 Å². The lowest BCUT2D eigenvalue weighted by molar-refractivity contribution is 0.0950. The van der Waals surface area contributed by atoms with Crippen molar-refractivity contribution in [2.75, 3.05) is 0 Å². The van der Waals surface area contributed by atoms with E-state index in [0.717, 1.165) is 15.2 Å². The molecule has 8 heteroatoms. The van der Waals surface area contributed by atoms with Crippen LogP contribution in [0.3, 0.4) is 0 Å². The average molecular weight is 351 g/mol. The third-order valence-corrected chi connectivity index (χ3v) is 4.77. The van der Waals surface area contributed by atoms with Crippen LogP contribution in [0.15, 0.2) is 42.5 Å². The monoisotopic (exact) mass is 351 g/mol. The molecule has 0 spiro atoms. The van der Waals surface area contributed by atoms with Gasteiger partial charge >= 0.3 is 0 Å². The van der Waals surface area contributed by atoms with E-state index in [0.29, 0.717) is 23.1 Å². The molecule has 4 aromatic rings. The van der Waals surface area contributed by atoms with E-state index in [4.69, 9.17) is 5.73 Å². The average Bonchev–Trinajstić information content (AvgIpc) is 3.22. The maximum atomic E-state index is 12.5. The van der Waals surface area contributed by atoms with Crippen LogP contribution in [0, 0.1) is 0 Å². The van der Waals surface area contributed by atoms with Gasteiger partial charge in [-0.15, -0.1) is 11.3 Å². The minimum absolute atomic E-state index is 0.0291. The van der Waals surface area contributed by atoms with Crippen LogP contribution in [0.1, 0.15) is 26.0 Å². The minimum Gasteiger partial charge on any atom is -0.363 e. The van der Waals surface area contributed by atoms with Crippen LogP contribution in [-0.4, -0.2) is 26.8 Å². The van der Waals surface area contributed by atoms with Crippen molar-refractivity contribution in [1.82, 2.24) is 20.3 Å². The molecule has 25 heavy (non-hydrogen) atoms. The quantitative estimate of drug-likeness (QED) is 0.523. The number of hydrogen-bond acceptors (Lipinski definition) is 5. The Morgan fingerprint density at radius 2 is 1.96 bits per heavy atom. The zero-order chi connectivity index (χ0) is 17.4. The Morgan fingerprint density at radius 1 is 1.12 bits per heavy atom. The van der Waals surface area contributed by atoms with Crippen molar-refractivity contribution in [3.63, 3.8) is 0 Å². The third kappa shape index (κ3) is 2.83. The summed E-state index contributed by atoms with van der Waals surface area (Å²) in [6.45, 7) is 0.321. The highest BCUT2D eigenvalue weighted by atomic mass is 32.1. The maximum Gasteiger partial charge on any atom is 0.284 e. The molecule has 4 N–H and O–H groups in total. The van der Waals surface area contributed by atoms with Crippen LogP contribution >= 0.6 is 11.3 Å². The van der Waals surface area contributed by atoms with Gasteiger partial charge in [-0.25, -0.2) is 9.97 Å². The first-order chi connectivity index (χ1) is 12.1. The number of rotatable bonds is 4. The predicted molar refractivity (Wildman–Crippen MR) is 95.4 cm³/mol. The number of aromatic amines is 1. The molecule has 0 atom stereocenters. The number of benzene rings is 2. The number of fused-ring (bicyclic) bond motifs is 2. The number of thiazole rings is 1. The van der Waals surface area contributed by atoms with Gasteiger partial charge in [-0.05, 0) is 24.3 Å². The van der Waals surface area contributed by atoms with Gasteiger partial charge in [-0.3, -0.25) is 9.59 Å². The van der Waals surface area contributed by atoms with Crippen LogP contribution in [0.25, 0.3) is 21.3 Å². The van der Waals surface area contributed by atoms with Crippen LogP contribution in [0.4, 0.5) is 0 Å². The lowest BCUT2D eigenvalue weighted by atomic mass is 10.1. The lowest BCUT2D eigenvalue weighted by Gasteiger charge is -2.03. The summed E-state index contributed by atoms with van der Waals surface area (Å²) in [6, 6.07) is 12.9. The molecule has 2 aromatic heterocycles. The second-order valence-corrected chi connectivity index (χ2v) is 6.52. The van der Waals surface area contributed by atoms with E-state index in [1.54, 1.807) is 18.2 Å². The molecule has 0 aliphatic carbocycles. The van der Waals surface area contributed by atoms with E-state index in [-0.39, 0.29) is 11.7 Å². The topological polar surface area (TPSA) is 114 Å². The first kappa shape index (κ1) is 15.3. The molecular weight excluding hydrogens is 338 g/mol. The Kier molecular flexibility index (Phi) is 3.66. The van der Waals surface area contributed by atoms with Crippen LogP contribution < -0.4 is 11.1 Å². The van der Waals surface area contributed by atoms with Gasteiger partial charge in [0.15, 0.2) is 5.82 Å². The lowest BCUT2D eigenvalue weighted by Crippen LogP contribution is -2.23. The zero-order valence-corrected chi connectivity index (χ0v) is 13.8. The molecule has 0 saturated carbocycles. The fraction of sp³-hybridized carbons (Fsp3) is 0.0588. The van der Waals surface area contributed by atoms with Gasteiger partial charge in [0.2, 0.25) is 0 Å². The number of amides is 2. The molecule has 2 aromatic carbocycles. The molecule has 2 heterocycles. The van der Waals surface area contributed by atoms with Crippen LogP contribution in [0.2, 0.25) is 0 Å².